The smallest absolute Gasteiger partial charge is 0.251 e. The van der Waals surface area contributed by atoms with Crippen molar-refractivity contribution in [3.8, 4) is 0 Å². The van der Waals surface area contributed by atoms with Gasteiger partial charge in [-0.1, -0.05) is 13.2 Å². The fourth-order valence-corrected chi connectivity index (χ4v) is 6.47. The van der Waals surface area contributed by atoms with E-state index in [4.69, 9.17) is 15.1 Å². The van der Waals surface area contributed by atoms with Crippen LogP contribution >= 0.6 is 0 Å². The molecule has 2 unspecified atom stereocenters. The standard InChI is InChI=1S/C20H30F2N6.C7H10N2.C6H11N/c1-13-17(15-5-4-10-27(3)11-15)25-19-24-16(12-28(19)26-13)18(23-2)14-6-8-20(21,22)9-7-14;1-3-7-5-6-8-9(7)4-2;1-6-4-2-3-5-7-6/h12,14-15,18,23H,4-11H2,1-3H3;3,5-6H,1,4H2,2H3;7H,1-5H2. The Morgan fingerprint density at radius 2 is 1.95 bits per heavy atom. The molecule has 0 bridgehead atoms. The van der Waals surface area contributed by atoms with E-state index in [0.717, 1.165) is 55.4 Å². The van der Waals surface area contributed by atoms with E-state index in [0.29, 0.717) is 24.5 Å². The molecule has 3 aromatic rings. The van der Waals surface area contributed by atoms with E-state index in [-0.39, 0.29) is 24.8 Å². The molecule has 242 valence electrons. The molecule has 2 saturated heterocycles. The van der Waals surface area contributed by atoms with Gasteiger partial charge in [-0.15, -0.1) is 0 Å². The molecule has 9 nitrogen and oxygen atoms in total. The van der Waals surface area contributed by atoms with Crippen molar-refractivity contribution < 1.29 is 8.78 Å². The Hall–Kier alpha value is -3.18. The first-order chi connectivity index (χ1) is 21.1. The molecule has 0 spiro atoms. The highest BCUT2D eigenvalue weighted by molar-refractivity contribution is 5.40. The first-order valence-corrected chi connectivity index (χ1v) is 16.2. The molecular formula is C33H51F2N9. The van der Waals surface area contributed by atoms with Crippen LogP contribution in [0.5, 0.6) is 0 Å². The predicted molar refractivity (Wildman–Crippen MR) is 173 cm³/mol. The van der Waals surface area contributed by atoms with Crippen LogP contribution in [-0.2, 0) is 6.54 Å². The van der Waals surface area contributed by atoms with E-state index >= 15 is 0 Å². The van der Waals surface area contributed by atoms with Gasteiger partial charge < -0.3 is 15.5 Å². The number of hydrogen-bond donors (Lipinski definition) is 2. The van der Waals surface area contributed by atoms with E-state index in [9.17, 15) is 8.78 Å². The molecular weight excluding hydrogens is 560 g/mol. The van der Waals surface area contributed by atoms with Gasteiger partial charge in [-0.2, -0.15) is 10.2 Å². The Morgan fingerprint density at radius 1 is 1.18 bits per heavy atom. The molecule has 2 atom stereocenters. The number of halogens is 2. The Balaban J connectivity index is 0.000000224. The normalized spacial score (nSPS) is 21.4. The second-order valence-electron chi connectivity index (χ2n) is 12.3. The molecule has 1 aliphatic carbocycles. The van der Waals surface area contributed by atoms with Gasteiger partial charge >= 0.3 is 0 Å². The molecule has 0 amide bonds. The van der Waals surface area contributed by atoms with Crippen LogP contribution in [0.15, 0.2) is 37.3 Å². The number of nitrogens with one attached hydrogen (secondary N) is 2. The Morgan fingerprint density at radius 3 is 2.52 bits per heavy atom. The van der Waals surface area contributed by atoms with E-state index in [1.54, 1.807) is 16.8 Å². The van der Waals surface area contributed by atoms with Gasteiger partial charge in [0.25, 0.3) is 5.78 Å². The van der Waals surface area contributed by atoms with Gasteiger partial charge in [0, 0.05) is 50.3 Å². The molecule has 5 heterocycles. The summed E-state index contributed by atoms with van der Waals surface area (Å²) in [6.07, 6.45) is 12.5. The average molecular weight is 612 g/mol. The van der Waals surface area contributed by atoms with Crippen molar-refractivity contribution >= 4 is 11.9 Å². The zero-order valence-electron chi connectivity index (χ0n) is 27.0. The highest BCUT2D eigenvalue weighted by atomic mass is 19.3. The number of imidazole rings is 1. The topological polar surface area (TPSA) is 88.2 Å². The fourth-order valence-electron chi connectivity index (χ4n) is 6.47. The van der Waals surface area contributed by atoms with E-state index < -0.39 is 5.92 Å². The number of nitrogens with zero attached hydrogens (tertiary/aromatic N) is 7. The molecule has 44 heavy (non-hydrogen) atoms. The van der Waals surface area contributed by atoms with Crippen LogP contribution in [-0.4, -0.2) is 73.9 Å². The zero-order chi connectivity index (χ0) is 31.7. The molecule has 2 aliphatic heterocycles. The molecule has 1 saturated carbocycles. The zero-order valence-corrected chi connectivity index (χ0v) is 27.0. The monoisotopic (exact) mass is 611 g/mol. The summed E-state index contributed by atoms with van der Waals surface area (Å²) in [7, 11) is 4.02. The van der Waals surface area contributed by atoms with Crippen molar-refractivity contribution in [2.45, 2.75) is 96.1 Å². The van der Waals surface area contributed by atoms with Gasteiger partial charge in [0.05, 0.1) is 35.0 Å². The number of piperidine rings is 2. The minimum atomic E-state index is -2.52. The van der Waals surface area contributed by atoms with Crippen LogP contribution in [0.1, 0.15) is 99.4 Å². The van der Waals surface area contributed by atoms with Crippen LogP contribution in [0.3, 0.4) is 0 Å². The van der Waals surface area contributed by atoms with Crippen LogP contribution in [0.4, 0.5) is 8.78 Å². The number of likely N-dealkylation sites (N-methyl/N-ethyl adjacent to an activating group) is 1. The molecule has 3 aromatic heterocycles. The first-order valence-electron chi connectivity index (χ1n) is 16.2. The van der Waals surface area contributed by atoms with Gasteiger partial charge in [0.15, 0.2) is 0 Å². The van der Waals surface area contributed by atoms with Crippen LogP contribution in [0, 0.1) is 12.8 Å². The molecule has 2 N–H and O–H groups in total. The average Bonchev–Trinajstić information content (AvgIpc) is 3.65. The van der Waals surface area contributed by atoms with Crippen molar-refractivity contribution in [2.24, 2.45) is 5.92 Å². The van der Waals surface area contributed by atoms with Gasteiger partial charge in [-0.25, -0.2) is 23.3 Å². The number of hydrogen-bond acceptors (Lipinski definition) is 7. The molecule has 3 fully saturated rings. The quantitative estimate of drug-likeness (QED) is 0.346. The second kappa shape index (κ2) is 15.7. The number of likely N-dealkylation sites (tertiary alicyclic amines) is 1. The summed E-state index contributed by atoms with van der Waals surface area (Å²) in [5.41, 5.74) is 5.11. The Kier molecular flexibility index (Phi) is 12.0. The summed E-state index contributed by atoms with van der Waals surface area (Å²) < 4.78 is 30.7. The summed E-state index contributed by atoms with van der Waals surface area (Å²) in [5.74, 6) is -1.37. The second-order valence-corrected chi connectivity index (χ2v) is 12.3. The minimum Gasteiger partial charge on any atom is -0.389 e. The van der Waals surface area contributed by atoms with Crippen molar-refractivity contribution in [1.82, 2.24) is 44.9 Å². The predicted octanol–water partition coefficient (Wildman–Crippen LogP) is 6.15. The lowest BCUT2D eigenvalue weighted by atomic mass is 9.81. The third-order valence-corrected chi connectivity index (χ3v) is 8.95. The molecule has 6 rings (SSSR count). The number of fused-ring (bicyclic) bond motifs is 1. The summed E-state index contributed by atoms with van der Waals surface area (Å²) >= 11 is 0. The highest BCUT2D eigenvalue weighted by Crippen LogP contribution is 2.41. The summed E-state index contributed by atoms with van der Waals surface area (Å²) in [5, 5.41) is 15.2. The lowest BCUT2D eigenvalue weighted by Gasteiger charge is -2.32. The van der Waals surface area contributed by atoms with Crippen molar-refractivity contribution in [2.75, 3.05) is 33.7 Å². The summed E-state index contributed by atoms with van der Waals surface area (Å²) in [4.78, 5) is 11.9. The first kappa shape index (κ1) is 33.7. The number of rotatable bonds is 6. The fraction of sp³-hybridized carbons (Fsp3) is 0.636. The third-order valence-electron chi connectivity index (χ3n) is 8.95. The molecule has 3 aliphatic rings. The van der Waals surface area contributed by atoms with Crippen LogP contribution < -0.4 is 10.6 Å². The van der Waals surface area contributed by atoms with E-state index in [2.05, 4.69) is 47.8 Å². The van der Waals surface area contributed by atoms with Crippen molar-refractivity contribution in [3.63, 3.8) is 0 Å². The van der Waals surface area contributed by atoms with Crippen LogP contribution in [0.2, 0.25) is 0 Å². The SMILES string of the molecule is C=C1CCCCN1.C=Cc1ccnn1CC.CNC(c1cn2nc(C)c(C3CCCN(C)C3)nc2n1)C1CCC(F)(F)CC1. The maximum atomic E-state index is 13.5. The number of aryl methyl sites for hydroxylation is 2. The molecule has 0 aromatic carbocycles. The Labute approximate surface area is 261 Å². The van der Waals surface area contributed by atoms with Gasteiger partial charge in [-0.05, 0) is 97.5 Å². The summed E-state index contributed by atoms with van der Waals surface area (Å²) in [6.45, 7) is 15.7. The summed E-state index contributed by atoms with van der Waals surface area (Å²) in [6, 6.07) is 1.89. The van der Waals surface area contributed by atoms with Crippen LogP contribution in [0.25, 0.3) is 11.9 Å². The molecule has 0 radical (unpaired) electrons. The lowest BCUT2D eigenvalue weighted by molar-refractivity contribution is -0.0496. The van der Waals surface area contributed by atoms with E-state index in [1.807, 2.05) is 30.9 Å². The number of aromatic nitrogens is 6. The lowest BCUT2D eigenvalue weighted by Crippen LogP contribution is -2.32. The van der Waals surface area contributed by atoms with Gasteiger partial charge in [0.1, 0.15) is 0 Å². The van der Waals surface area contributed by atoms with E-state index in [1.165, 1.54) is 31.4 Å². The van der Waals surface area contributed by atoms with Gasteiger partial charge in [-0.3, -0.25) is 4.68 Å². The molecule has 11 heteroatoms. The highest BCUT2D eigenvalue weighted by Gasteiger charge is 2.38. The van der Waals surface area contributed by atoms with Gasteiger partial charge in [0.2, 0.25) is 5.92 Å². The number of allylic oxidation sites excluding steroid dienone is 1. The maximum Gasteiger partial charge on any atom is 0.251 e. The largest absolute Gasteiger partial charge is 0.389 e. The maximum absolute atomic E-state index is 13.5. The van der Waals surface area contributed by atoms with Crippen molar-refractivity contribution in [1.29, 1.82) is 0 Å². The Bertz CT molecular complexity index is 1350. The van der Waals surface area contributed by atoms with Crippen molar-refractivity contribution in [3.05, 3.63) is 60.1 Å². The number of alkyl halides is 2. The third kappa shape index (κ3) is 8.94. The minimum absolute atomic E-state index is 0.0435.